The number of hydrogen-bond donors (Lipinski definition) is 3. The van der Waals surface area contributed by atoms with Crippen molar-refractivity contribution in [2.24, 2.45) is 0 Å². The van der Waals surface area contributed by atoms with Crippen molar-refractivity contribution >= 4 is 58.9 Å². The van der Waals surface area contributed by atoms with Crippen molar-refractivity contribution in [2.45, 2.75) is 32.0 Å². The number of nitrogens with one attached hydrogen (secondary N) is 2. The third-order valence-electron chi connectivity index (χ3n) is 5.29. The second-order valence-corrected chi connectivity index (χ2v) is 7.74. The summed E-state index contributed by atoms with van der Waals surface area (Å²) in [7, 11) is 0. The van der Waals surface area contributed by atoms with Crippen LogP contribution in [-0.2, 0) is 6.18 Å². The summed E-state index contributed by atoms with van der Waals surface area (Å²) in [5.74, 6) is 1.01. The second kappa shape index (κ2) is 11.1. The van der Waals surface area contributed by atoms with Crippen molar-refractivity contribution in [3.63, 3.8) is 0 Å². The van der Waals surface area contributed by atoms with Crippen molar-refractivity contribution in [3.05, 3.63) is 48.0 Å². The van der Waals surface area contributed by atoms with Crippen LogP contribution in [0, 0.1) is 0 Å². The van der Waals surface area contributed by atoms with E-state index in [2.05, 4.69) is 32.4 Å². The van der Waals surface area contributed by atoms with Crippen LogP contribution >= 0.6 is 24.8 Å². The molecule has 1 aromatic heterocycles. The summed E-state index contributed by atoms with van der Waals surface area (Å²) >= 11 is 0. The highest BCUT2D eigenvalue weighted by Crippen LogP contribution is 2.34. The van der Waals surface area contributed by atoms with Gasteiger partial charge in [0.05, 0.1) is 11.1 Å². The van der Waals surface area contributed by atoms with Crippen LogP contribution in [0.1, 0.15) is 25.3 Å². The maximum atomic E-state index is 13.2. The van der Waals surface area contributed by atoms with Crippen LogP contribution < -0.4 is 21.3 Å². The highest BCUT2D eigenvalue weighted by Gasteiger charge is 2.31. The van der Waals surface area contributed by atoms with Gasteiger partial charge >= 0.3 is 6.18 Å². The Kier molecular flexibility index (Phi) is 8.99. The van der Waals surface area contributed by atoms with Crippen LogP contribution in [0.5, 0.6) is 0 Å². The van der Waals surface area contributed by atoms with Crippen molar-refractivity contribution in [2.75, 3.05) is 35.6 Å². The molecule has 2 heterocycles. The number of benzene rings is 2. The number of fused-ring (bicyclic) bond motifs is 1. The first-order chi connectivity index (χ1) is 14.8. The Morgan fingerprint density at radius 1 is 1.12 bits per heavy atom. The lowest BCUT2D eigenvalue weighted by Crippen LogP contribution is -2.33. The van der Waals surface area contributed by atoms with Gasteiger partial charge in [-0.1, -0.05) is 19.1 Å². The molecule has 0 spiro atoms. The molecular formula is C22H27Cl2F3N6. The molecule has 3 aromatic rings. The van der Waals surface area contributed by atoms with Gasteiger partial charge in [0.1, 0.15) is 5.82 Å². The number of para-hydroxylation sites is 1. The molecule has 180 valence electrons. The van der Waals surface area contributed by atoms with E-state index in [1.165, 1.54) is 6.07 Å². The first-order valence-corrected chi connectivity index (χ1v) is 10.3. The molecule has 1 unspecified atom stereocenters. The lowest BCUT2D eigenvalue weighted by Gasteiger charge is -2.21. The highest BCUT2D eigenvalue weighted by molar-refractivity contribution is 5.91. The molecule has 0 aliphatic carbocycles. The van der Waals surface area contributed by atoms with Crippen LogP contribution in [0.3, 0.4) is 0 Å². The van der Waals surface area contributed by atoms with Gasteiger partial charge in [-0.3, -0.25) is 0 Å². The summed E-state index contributed by atoms with van der Waals surface area (Å²) in [6.07, 6.45) is -2.41. The Labute approximate surface area is 203 Å². The van der Waals surface area contributed by atoms with E-state index in [4.69, 9.17) is 5.73 Å². The van der Waals surface area contributed by atoms with Gasteiger partial charge in [0, 0.05) is 35.9 Å². The number of nitrogen functional groups attached to an aromatic ring is 1. The van der Waals surface area contributed by atoms with Crippen LogP contribution in [0.2, 0.25) is 0 Å². The Morgan fingerprint density at radius 2 is 1.88 bits per heavy atom. The molecule has 33 heavy (non-hydrogen) atoms. The Balaban J connectivity index is 0.00000193. The van der Waals surface area contributed by atoms with E-state index < -0.39 is 11.7 Å². The Bertz CT molecular complexity index is 1080. The van der Waals surface area contributed by atoms with Gasteiger partial charge in [-0.05, 0) is 49.7 Å². The van der Waals surface area contributed by atoms with Crippen LogP contribution in [0.15, 0.2) is 42.5 Å². The molecule has 1 saturated heterocycles. The fourth-order valence-corrected chi connectivity index (χ4v) is 3.84. The maximum absolute atomic E-state index is 13.2. The number of rotatable bonds is 6. The minimum atomic E-state index is -4.49. The monoisotopic (exact) mass is 502 g/mol. The van der Waals surface area contributed by atoms with Gasteiger partial charge in [0.2, 0.25) is 5.95 Å². The van der Waals surface area contributed by atoms with E-state index in [0.29, 0.717) is 6.04 Å². The summed E-state index contributed by atoms with van der Waals surface area (Å²) in [6, 6.07) is 11.4. The summed E-state index contributed by atoms with van der Waals surface area (Å²) in [5, 5.41) is 7.36. The number of aromatic nitrogens is 2. The van der Waals surface area contributed by atoms with Crippen molar-refractivity contribution in [1.29, 1.82) is 0 Å². The van der Waals surface area contributed by atoms with Crippen molar-refractivity contribution in [3.8, 4) is 0 Å². The Hall–Kier alpha value is -2.49. The quantitative estimate of drug-likeness (QED) is 0.392. The minimum Gasteiger partial charge on any atom is -0.399 e. The summed E-state index contributed by atoms with van der Waals surface area (Å²) in [4.78, 5) is 11.4. The average molecular weight is 503 g/mol. The molecule has 1 aliphatic rings. The number of nitrogens with zero attached hydrogens (tertiary/aromatic N) is 3. The predicted octanol–water partition coefficient (Wildman–Crippen LogP) is 5.40. The van der Waals surface area contributed by atoms with Crippen LogP contribution in [-0.4, -0.2) is 35.6 Å². The highest BCUT2D eigenvalue weighted by atomic mass is 35.5. The minimum absolute atomic E-state index is 0. The van der Waals surface area contributed by atoms with Crippen molar-refractivity contribution in [1.82, 2.24) is 15.3 Å². The molecule has 4 N–H and O–H groups in total. The molecule has 6 nitrogen and oxygen atoms in total. The van der Waals surface area contributed by atoms with Crippen LogP contribution in [0.4, 0.5) is 36.3 Å². The fourth-order valence-electron chi connectivity index (χ4n) is 3.84. The second-order valence-electron chi connectivity index (χ2n) is 7.74. The zero-order chi connectivity index (χ0) is 22.0. The van der Waals surface area contributed by atoms with Gasteiger partial charge in [-0.2, -0.15) is 18.2 Å². The molecule has 0 amide bonds. The van der Waals surface area contributed by atoms with Gasteiger partial charge < -0.3 is 21.3 Å². The molecule has 1 fully saturated rings. The normalized spacial score (nSPS) is 15.8. The van der Waals surface area contributed by atoms with Gasteiger partial charge in [0.15, 0.2) is 0 Å². The van der Waals surface area contributed by atoms with E-state index in [1.807, 2.05) is 24.3 Å². The largest absolute Gasteiger partial charge is 0.416 e. The zero-order valence-electron chi connectivity index (χ0n) is 18.0. The smallest absolute Gasteiger partial charge is 0.399 e. The molecule has 2 aromatic carbocycles. The summed E-state index contributed by atoms with van der Waals surface area (Å²) in [6.45, 7) is 4.76. The maximum Gasteiger partial charge on any atom is 0.416 e. The fraction of sp³-hybridized carbons (Fsp3) is 0.364. The first kappa shape index (κ1) is 26.8. The zero-order valence-corrected chi connectivity index (χ0v) is 19.7. The van der Waals surface area contributed by atoms with E-state index in [9.17, 15) is 13.2 Å². The van der Waals surface area contributed by atoms with Crippen molar-refractivity contribution < 1.29 is 13.2 Å². The van der Waals surface area contributed by atoms with Gasteiger partial charge in [-0.25, -0.2) is 4.98 Å². The number of nitrogens with two attached hydrogens (primary N) is 1. The molecule has 11 heteroatoms. The van der Waals surface area contributed by atoms with E-state index >= 15 is 0 Å². The van der Waals surface area contributed by atoms with Gasteiger partial charge in [0.25, 0.3) is 0 Å². The van der Waals surface area contributed by atoms with Crippen LogP contribution in [0.25, 0.3) is 10.9 Å². The molecule has 4 rings (SSSR count). The topological polar surface area (TPSA) is 79.1 Å². The third-order valence-corrected chi connectivity index (χ3v) is 5.29. The molecular weight excluding hydrogens is 476 g/mol. The number of halogens is 5. The third kappa shape index (κ3) is 6.31. The number of anilines is 4. The molecule has 0 bridgehead atoms. The molecule has 0 radical (unpaired) electrons. The lowest BCUT2D eigenvalue weighted by molar-refractivity contribution is -0.137. The SMILES string of the molecule is CCCNC1CCN(c2nc(Nc3cc(N)cc(C(F)(F)F)c3)nc3ccccc23)C1.Cl.Cl. The lowest BCUT2D eigenvalue weighted by atomic mass is 10.1. The number of hydrogen-bond acceptors (Lipinski definition) is 6. The molecule has 0 saturated carbocycles. The summed E-state index contributed by atoms with van der Waals surface area (Å²) in [5.41, 5.74) is 5.80. The predicted molar refractivity (Wildman–Crippen MR) is 132 cm³/mol. The summed E-state index contributed by atoms with van der Waals surface area (Å²) < 4.78 is 39.5. The molecule has 1 atom stereocenters. The average Bonchev–Trinajstić information content (AvgIpc) is 3.19. The Morgan fingerprint density at radius 3 is 2.61 bits per heavy atom. The van der Waals surface area contributed by atoms with Gasteiger partial charge in [-0.15, -0.1) is 24.8 Å². The molecule has 1 aliphatic heterocycles. The van der Waals surface area contributed by atoms with E-state index in [1.54, 1.807) is 0 Å². The standard InChI is InChI=1S/C22H25F3N6.2ClH/c1-2-8-27-16-7-9-31(13-16)20-18-5-3-4-6-19(18)29-21(30-20)28-17-11-14(22(23,24)25)10-15(26)12-17;;/h3-6,10-12,16,27H,2,7-9,13,26H2,1H3,(H,28,29,30);2*1H. The van der Waals surface area contributed by atoms with E-state index in [-0.39, 0.29) is 42.1 Å². The first-order valence-electron chi connectivity index (χ1n) is 10.3. The number of alkyl halides is 3. The van der Waals surface area contributed by atoms with E-state index in [0.717, 1.165) is 61.3 Å².